The standard InChI is InChI=1S/C3H2N4O/c1-2-4-6-3(8)7-5-2/h1H2. The monoisotopic (exact) mass is 110 g/mol. The van der Waals surface area contributed by atoms with Crippen molar-refractivity contribution >= 4 is 6.03 Å². The van der Waals surface area contributed by atoms with E-state index in [1.54, 1.807) is 0 Å². The van der Waals surface area contributed by atoms with E-state index in [0.717, 1.165) is 0 Å². The molecule has 0 bridgehead atoms. The molecule has 1 heterocycles. The molecule has 2 amide bonds. The Kier molecular flexibility index (Phi) is 0.957. The first-order chi connectivity index (χ1) is 3.79. The van der Waals surface area contributed by atoms with Gasteiger partial charge in [0.2, 0.25) is 0 Å². The SMILES string of the molecule is C=C1N=NC(=O)N=N1. The first-order valence-electron chi connectivity index (χ1n) is 1.85. The fourth-order valence-electron chi connectivity index (χ4n) is 0.241. The van der Waals surface area contributed by atoms with Gasteiger partial charge in [-0.3, -0.25) is 0 Å². The molecule has 0 unspecified atom stereocenters. The van der Waals surface area contributed by atoms with Crippen molar-refractivity contribution in [3.05, 3.63) is 12.4 Å². The number of azo groups is 2. The van der Waals surface area contributed by atoms with Crippen LogP contribution in [0.2, 0.25) is 0 Å². The topological polar surface area (TPSA) is 66.5 Å². The van der Waals surface area contributed by atoms with Crippen LogP contribution < -0.4 is 0 Å². The van der Waals surface area contributed by atoms with Crippen molar-refractivity contribution in [1.82, 2.24) is 0 Å². The summed E-state index contributed by atoms with van der Waals surface area (Å²) in [7, 11) is 0. The molecule has 0 fully saturated rings. The molecule has 0 saturated carbocycles. The van der Waals surface area contributed by atoms with Crippen molar-refractivity contribution in [2.75, 3.05) is 0 Å². The average Bonchev–Trinajstić information content (AvgIpc) is 1.77. The van der Waals surface area contributed by atoms with E-state index in [4.69, 9.17) is 0 Å². The highest BCUT2D eigenvalue weighted by atomic mass is 16.2. The molecule has 5 nitrogen and oxygen atoms in total. The third-order valence-electron chi connectivity index (χ3n) is 0.502. The van der Waals surface area contributed by atoms with Gasteiger partial charge in [0, 0.05) is 0 Å². The Labute approximate surface area is 44.8 Å². The van der Waals surface area contributed by atoms with Gasteiger partial charge in [-0.2, -0.15) is 0 Å². The second-order valence-electron chi connectivity index (χ2n) is 1.10. The molecule has 0 aromatic carbocycles. The molecule has 0 spiro atoms. The molecule has 0 aromatic rings. The number of hydrogen-bond acceptors (Lipinski definition) is 3. The molecule has 1 aliphatic heterocycles. The Hall–Kier alpha value is -1.39. The van der Waals surface area contributed by atoms with Crippen LogP contribution in [-0.4, -0.2) is 6.03 Å². The van der Waals surface area contributed by atoms with Crippen molar-refractivity contribution in [2.24, 2.45) is 20.5 Å². The lowest BCUT2D eigenvalue weighted by molar-refractivity contribution is 0.253. The number of carbonyl (C=O) groups is 1. The van der Waals surface area contributed by atoms with Gasteiger partial charge in [0.05, 0.1) is 0 Å². The summed E-state index contributed by atoms with van der Waals surface area (Å²) in [5, 5.41) is 12.5. The Morgan fingerprint density at radius 3 is 2.00 bits per heavy atom. The van der Waals surface area contributed by atoms with Gasteiger partial charge in [-0.05, 0) is 0 Å². The molecule has 5 heteroatoms. The summed E-state index contributed by atoms with van der Waals surface area (Å²) in [6.07, 6.45) is 0. The zero-order valence-electron chi connectivity index (χ0n) is 3.90. The van der Waals surface area contributed by atoms with Gasteiger partial charge in [0.25, 0.3) is 0 Å². The van der Waals surface area contributed by atoms with Crippen LogP contribution in [0.15, 0.2) is 32.9 Å². The van der Waals surface area contributed by atoms with Gasteiger partial charge in [-0.25, -0.2) is 4.79 Å². The lowest BCUT2D eigenvalue weighted by Gasteiger charge is -1.88. The van der Waals surface area contributed by atoms with Crippen molar-refractivity contribution in [3.8, 4) is 0 Å². The lowest BCUT2D eigenvalue weighted by atomic mass is 10.9. The molecule has 1 rings (SSSR count). The number of hydrogen-bond donors (Lipinski definition) is 0. The smallest absolute Gasteiger partial charge is 0.240 e. The normalized spacial score (nSPS) is 17.5. The van der Waals surface area contributed by atoms with Crippen LogP contribution in [0.25, 0.3) is 0 Å². The van der Waals surface area contributed by atoms with Gasteiger partial charge in [0.15, 0.2) is 5.82 Å². The third-order valence-corrected chi connectivity index (χ3v) is 0.502. The Morgan fingerprint density at radius 1 is 1.12 bits per heavy atom. The molecule has 1 aliphatic rings. The van der Waals surface area contributed by atoms with Gasteiger partial charge < -0.3 is 0 Å². The summed E-state index contributed by atoms with van der Waals surface area (Å²) in [4.78, 5) is 10.0. The molecule has 0 saturated heterocycles. The second kappa shape index (κ2) is 1.61. The van der Waals surface area contributed by atoms with Gasteiger partial charge in [-0.15, -0.1) is 10.2 Å². The molecular weight excluding hydrogens is 108 g/mol. The lowest BCUT2D eigenvalue weighted by Crippen LogP contribution is -1.85. The molecule has 40 valence electrons. The average molecular weight is 110 g/mol. The third kappa shape index (κ3) is 0.810. The summed E-state index contributed by atoms with van der Waals surface area (Å²) in [5.74, 6) is 0.157. The maximum atomic E-state index is 10.0. The van der Waals surface area contributed by atoms with E-state index in [-0.39, 0.29) is 5.82 Å². The molecule has 0 atom stereocenters. The molecule has 0 aliphatic carbocycles. The summed E-state index contributed by atoms with van der Waals surface area (Å²) in [5.41, 5.74) is 0. The summed E-state index contributed by atoms with van der Waals surface area (Å²) >= 11 is 0. The van der Waals surface area contributed by atoms with Crippen molar-refractivity contribution in [3.63, 3.8) is 0 Å². The van der Waals surface area contributed by atoms with E-state index in [9.17, 15) is 4.79 Å². The largest absolute Gasteiger partial charge is 0.404 e. The predicted octanol–water partition coefficient (Wildman–Crippen LogP) is 1.50. The number of urea groups is 1. The minimum absolute atomic E-state index is 0.157. The summed E-state index contributed by atoms with van der Waals surface area (Å²) in [6.45, 7) is 3.28. The van der Waals surface area contributed by atoms with Gasteiger partial charge in [-0.1, -0.05) is 16.8 Å². The summed E-state index contributed by atoms with van der Waals surface area (Å²) < 4.78 is 0. The number of nitrogens with zero attached hydrogens (tertiary/aromatic N) is 4. The van der Waals surface area contributed by atoms with Crippen molar-refractivity contribution in [2.45, 2.75) is 0 Å². The minimum atomic E-state index is -0.683. The first-order valence-corrected chi connectivity index (χ1v) is 1.85. The highest BCUT2D eigenvalue weighted by Gasteiger charge is 1.99. The Bertz CT molecular complexity index is 153. The zero-order valence-corrected chi connectivity index (χ0v) is 3.90. The maximum Gasteiger partial charge on any atom is 0.404 e. The molecular formula is C3H2N4O. The maximum absolute atomic E-state index is 10.0. The molecule has 0 aromatic heterocycles. The van der Waals surface area contributed by atoms with E-state index in [2.05, 4.69) is 27.0 Å². The van der Waals surface area contributed by atoms with Crippen molar-refractivity contribution < 1.29 is 4.79 Å². The fourth-order valence-corrected chi connectivity index (χ4v) is 0.241. The van der Waals surface area contributed by atoms with E-state index < -0.39 is 6.03 Å². The number of rotatable bonds is 0. The van der Waals surface area contributed by atoms with E-state index in [1.165, 1.54) is 0 Å². The fraction of sp³-hybridized carbons (Fsp3) is 0. The first kappa shape index (κ1) is 4.76. The molecule has 0 radical (unpaired) electrons. The van der Waals surface area contributed by atoms with Crippen LogP contribution in [0.3, 0.4) is 0 Å². The molecule has 8 heavy (non-hydrogen) atoms. The minimum Gasteiger partial charge on any atom is -0.240 e. The quantitative estimate of drug-likeness (QED) is 0.465. The van der Waals surface area contributed by atoms with Crippen molar-refractivity contribution in [1.29, 1.82) is 0 Å². The van der Waals surface area contributed by atoms with Crippen LogP contribution in [0.4, 0.5) is 4.79 Å². The Balaban J connectivity index is 2.83. The van der Waals surface area contributed by atoms with Crippen LogP contribution in [-0.2, 0) is 0 Å². The second-order valence-corrected chi connectivity index (χ2v) is 1.10. The van der Waals surface area contributed by atoms with Crippen LogP contribution in [0.1, 0.15) is 0 Å². The van der Waals surface area contributed by atoms with E-state index in [1.807, 2.05) is 0 Å². The van der Waals surface area contributed by atoms with E-state index >= 15 is 0 Å². The van der Waals surface area contributed by atoms with Gasteiger partial charge in [0.1, 0.15) is 0 Å². The number of carbonyl (C=O) groups excluding carboxylic acids is 1. The zero-order chi connectivity index (χ0) is 5.98. The van der Waals surface area contributed by atoms with Crippen LogP contribution >= 0.6 is 0 Å². The predicted molar refractivity (Wildman–Crippen MR) is 24.2 cm³/mol. The highest BCUT2D eigenvalue weighted by Crippen LogP contribution is 2.03. The van der Waals surface area contributed by atoms with Gasteiger partial charge >= 0.3 is 6.03 Å². The van der Waals surface area contributed by atoms with Crippen LogP contribution in [0, 0.1) is 0 Å². The molecule has 0 N–H and O–H groups in total. The highest BCUT2D eigenvalue weighted by molar-refractivity contribution is 5.75. The Morgan fingerprint density at radius 2 is 1.62 bits per heavy atom. The van der Waals surface area contributed by atoms with Crippen LogP contribution in [0.5, 0.6) is 0 Å². The number of amides is 2. The summed E-state index contributed by atoms with van der Waals surface area (Å²) in [6, 6.07) is -0.683. The van der Waals surface area contributed by atoms with E-state index in [0.29, 0.717) is 0 Å².